The van der Waals surface area contributed by atoms with E-state index in [2.05, 4.69) is 26.9 Å². The zero-order valence-corrected chi connectivity index (χ0v) is 18.0. The fourth-order valence-corrected chi connectivity index (χ4v) is 4.96. The summed E-state index contributed by atoms with van der Waals surface area (Å²) in [5.74, 6) is 1.98. The summed E-state index contributed by atoms with van der Waals surface area (Å²) in [4.78, 5) is 11.6. The number of nitrogen functional groups attached to an aromatic ring is 1. The van der Waals surface area contributed by atoms with Crippen LogP contribution in [0.25, 0.3) is 11.0 Å². The van der Waals surface area contributed by atoms with E-state index in [0.717, 1.165) is 36.3 Å². The van der Waals surface area contributed by atoms with Gasteiger partial charge in [-0.3, -0.25) is 0 Å². The molecule has 29 heavy (non-hydrogen) atoms. The molecule has 1 unspecified atom stereocenters. The standard InChI is InChI=1S/C22H36N6O/c1-3-6-16(2)29-22-25-20(23)19-13-24-28(21(19)26-22)15-18-9-7-17(8-10-18)14-27-11-4-5-12-27/h13,16-18H,3-12,14-15H2,1-2H3,(H2,23,25,26)/t16?,17-,18-. The maximum absolute atomic E-state index is 6.16. The molecule has 1 saturated heterocycles. The molecule has 0 radical (unpaired) electrons. The van der Waals surface area contributed by atoms with Crippen LogP contribution >= 0.6 is 0 Å². The SMILES string of the molecule is CCCC(C)Oc1nc(N)c2cnn(C[C@H]3CC[C@H](CN4CCCC4)CC3)c2n1. The Labute approximate surface area is 174 Å². The Bertz CT molecular complexity index is 792. The number of hydrogen-bond donors (Lipinski definition) is 1. The Kier molecular flexibility index (Phi) is 6.53. The molecule has 2 fully saturated rings. The van der Waals surface area contributed by atoms with Crippen molar-refractivity contribution in [2.75, 3.05) is 25.4 Å². The largest absolute Gasteiger partial charge is 0.460 e. The lowest BCUT2D eigenvalue weighted by molar-refractivity contribution is 0.190. The van der Waals surface area contributed by atoms with Crippen molar-refractivity contribution >= 4 is 16.9 Å². The first-order valence-corrected chi connectivity index (χ1v) is 11.5. The third-order valence-corrected chi connectivity index (χ3v) is 6.62. The molecule has 1 saturated carbocycles. The molecule has 0 aromatic carbocycles. The lowest BCUT2D eigenvalue weighted by atomic mass is 9.82. The first-order chi connectivity index (χ1) is 14.1. The van der Waals surface area contributed by atoms with Crippen molar-refractivity contribution in [2.24, 2.45) is 11.8 Å². The number of likely N-dealkylation sites (tertiary alicyclic amines) is 1. The Hall–Kier alpha value is -1.89. The summed E-state index contributed by atoms with van der Waals surface area (Å²) in [7, 11) is 0. The predicted molar refractivity (Wildman–Crippen MR) is 116 cm³/mol. The number of nitrogens with zero attached hydrogens (tertiary/aromatic N) is 5. The highest BCUT2D eigenvalue weighted by molar-refractivity contribution is 5.85. The van der Waals surface area contributed by atoms with Crippen LogP contribution in [0, 0.1) is 11.8 Å². The van der Waals surface area contributed by atoms with Gasteiger partial charge in [-0.1, -0.05) is 13.3 Å². The van der Waals surface area contributed by atoms with Crippen molar-refractivity contribution in [1.82, 2.24) is 24.6 Å². The minimum atomic E-state index is 0.0825. The monoisotopic (exact) mass is 400 g/mol. The maximum atomic E-state index is 6.16. The molecular formula is C22H36N6O. The van der Waals surface area contributed by atoms with Gasteiger partial charge in [0, 0.05) is 13.1 Å². The normalized spacial score (nSPS) is 24.2. The molecule has 2 aliphatic rings. The summed E-state index contributed by atoms with van der Waals surface area (Å²) in [6, 6.07) is 0.368. The van der Waals surface area contributed by atoms with E-state index < -0.39 is 0 Å². The Morgan fingerprint density at radius 2 is 1.79 bits per heavy atom. The minimum absolute atomic E-state index is 0.0825. The van der Waals surface area contributed by atoms with E-state index in [4.69, 9.17) is 10.5 Å². The van der Waals surface area contributed by atoms with Crippen molar-refractivity contribution in [3.8, 4) is 6.01 Å². The highest BCUT2D eigenvalue weighted by Gasteiger charge is 2.25. The molecule has 0 bridgehead atoms. The lowest BCUT2D eigenvalue weighted by Gasteiger charge is -2.31. The van der Waals surface area contributed by atoms with Gasteiger partial charge in [0.15, 0.2) is 5.65 Å². The second-order valence-corrected chi connectivity index (χ2v) is 9.07. The first-order valence-electron chi connectivity index (χ1n) is 11.5. The van der Waals surface area contributed by atoms with E-state index in [1.807, 2.05) is 11.6 Å². The molecule has 2 aromatic heterocycles. The molecular weight excluding hydrogens is 364 g/mol. The van der Waals surface area contributed by atoms with E-state index in [-0.39, 0.29) is 6.10 Å². The molecule has 1 atom stereocenters. The Morgan fingerprint density at radius 1 is 1.10 bits per heavy atom. The molecule has 3 heterocycles. The molecule has 2 N–H and O–H groups in total. The number of ether oxygens (including phenoxy) is 1. The van der Waals surface area contributed by atoms with Crippen molar-refractivity contribution in [3.63, 3.8) is 0 Å². The minimum Gasteiger partial charge on any atom is -0.460 e. The van der Waals surface area contributed by atoms with Gasteiger partial charge in [0.05, 0.1) is 17.7 Å². The van der Waals surface area contributed by atoms with Crippen LogP contribution in [0.3, 0.4) is 0 Å². The molecule has 0 spiro atoms. The molecule has 4 rings (SSSR count). The third-order valence-electron chi connectivity index (χ3n) is 6.62. The highest BCUT2D eigenvalue weighted by Crippen LogP contribution is 2.32. The third kappa shape index (κ3) is 5.00. The van der Waals surface area contributed by atoms with E-state index >= 15 is 0 Å². The predicted octanol–water partition coefficient (Wildman–Crippen LogP) is 3.88. The van der Waals surface area contributed by atoms with Crippen molar-refractivity contribution in [2.45, 2.75) is 77.9 Å². The van der Waals surface area contributed by atoms with Crippen LogP contribution in [-0.2, 0) is 6.54 Å². The van der Waals surface area contributed by atoms with Crippen LogP contribution in [0.5, 0.6) is 6.01 Å². The summed E-state index contributed by atoms with van der Waals surface area (Å²) in [5, 5.41) is 5.40. The number of fused-ring (bicyclic) bond motifs is 1. The quantitative estimate of drug-likeness (QED) is 0.724. The van der Waals surface area contributed by atoms with Crippen LogP contribution in [-0.4, -0.2) is 50.4 Å². The zero-order chi connectivity index (χ0) is 20.2. The number of nitrogens with two attached hydrogens (primary N) is 1. The van der Waals surface area contributed by atoms with E-state index in [9.17, 15) is 0 Å². The molecule has 1 aliphatic heterocycles. The number of anilines is 1. The van der Waals surface area contributed by atoms with Crippen LogP contribution in [0.15, 0.2) is 6.20 Å². The molecule has 7 heteroatoms. The van der Waals surface area contributed by atoms with Crippen LogP contribution < -0.4 is 10.5 Å². The molecule has 2 aromatic rings. The second-order valence-electron chi connectivity index (χ2n) is 9.07. The average molecular weight is 401 g/mol. The van der Waals surface area contributed by atoms with Crippen molar-refractivity contribution < 1.29 is 4.74 Å². The summed E-state index contributed by atoms with van der Waals surface area (Å²) >= 11 is 0. The van der Waals surface area contributed by atoms with Gasteiger partial charge >= 0.3 is 6.01 Å². The summed E-state index contributed by atoms with van der Waals surface area (Å²) < 4.78 is 7.90. The molecule has 7 nitrogen and oxygen atoms in total. The van der Waals surface area contributed by atoms with Gasteiger partial charge in [-0.05, 0) is 76.8 Å². The Morgan fingerprint density at radius 3 is 2.48 bits per heavy atom. The maximum Gasteiger partial charge on any atom is 0.320 e. The number of hydrogen-bond acceptors (Lipinski definition) is 6. The first kappa shape index (κ1) is 20.4. The van der Waals surface area contributed by atoms with E-state index in [0.29, 0.717) is 17.7 Å². The van der Waals surface area contributed by atoms with Crippen LogP contribution in [0.2, 0.25) is 0 Å². The number of rotatable bonds is 8. The van der Waals surface area contributed by atoms with Crippen LogP contribution in [0.1, 0.15) is 65.2 Å². The van der Waals surface area contributed by atoms with Gasteiger partial charge in [-0.25, -0.2) is 4.68 Å². The fraction of sp³-hybridized carbons (Fsp3) is 0.773. The molecule has 1 aliphatic carbocycles. The zero-order valence-electron chi connectivity index (χ0n) is 18.0. The van der Waals surface area contributed by atoms with Gasteiger partial charge in [0.1, 0.15) is 5.82 Å². The summed E-state index contributed by atoms with van der Waals surface area (Å²) in [5.41, 5.74) is 6.96. The van der Waals surface area contributed by atoms with E-state index in [1.165, 1.54) is 58.2 Å². The lowest BCUT2D eigenvalue weighted by Crippen LogP contribution is -2.30. The van der Waals surface area contributed by atoms with Crippen molar-refractivity contribution in [1.29, 1.82) is 0 Å². The van der Waals surface area contributed by atoms with Gasteiger partial charge in [0.25, 0.3) is 0 Å². The summed E-state index contributed by atoms with van der Waals surface area (Å²) in [6.45, 7) is 9.01. The molecule has 160 valence electrons. The smallest absolute Gasteiger partial charge is 0.320 e. The number of aromatic nitrogens is 4. The molecule has 0 amide bonds. The Balaban J connectivity index is 1.38. The van der Waals surface area contributed by atoms with Crippen molar-refractivity contribution in [3.05, 3.63) is 6.20 Å². The highest BCUT2D eigenvalue weighted by atomic mass is 16.5. The van der Waals surface area contributed by atoms with Gasteiger partial charge in [0.2, 0.25) is 0 Å². The fourth-order valence-electron chi connectivity index (χ4n) is 4.96. The average Bonchev–Trinajstić information content (AvgIpc) is 3.34. The van der Waals surface area contributed by atoms with Gasteiger partial charge < -0.3 is 15.4 Å². The summed E-state index contributed by atoms with van der Waals surface area (Å²) in [6.07, 6.45) is 11.9. The van der Waals surface area contributed by atoms with Gasteiger partial charge in [-0.15, -0.1) is 0 Å². The second kappa shape index (κ2) is 9.28. The van der Waals surface area contributed by atoms with Gasteiger partial charge in [-0.2, -0.15) is 15.1 Å². The van der Waals surface area contributed by atoms with Crippen LogP contribution in [0.4, 0.5) is 5.82 Å². The van der Waals surface area contributed by atoms with E-state index in [1.54, 1.807) is 6.20 Å². The topological polar surface area (TPSA) is 82.1 Å².